The summed E-state index contributed by atoms with van der Waals surface area (Å²) in [6.45, 7) is 9.27. The van der Waals surface area contributed by atoms with E-state index in [1.165, 1.54) is 0 Å². The number of halogens is 1. The van der Waals surface area contributed by atoms with Crippen LogP contribution in [0.15, 0.2) is 33.6 Å². The molecule has 1 unspecified atom stereocenters. The number of hydrogen-bond acceptors (Lipinski definition) is 3. The minimum absolute atomic E-state index is 0.0716. The molecule has 120 valence electrons. The molecule has 0 saturated heterocycles. The highest BCUT2D eigenvalue weighted by atomic mass is 79.9. The molecular weight excluding hydrogens is 352 g/mol. The van der Waals surface area contributed by atoms with Crippen LogP contribution in [0, 0.1) is 0 Å². The monoisotopic (exact) mass is 376 g/mol. The third-order valence-corrected chi connectivity index (χ3v) is 6.09. The Morgan fingerprint density at radius 1 is 1.24 bits per heavy atom. The van der Waals surface area contributed by atoms with Gasteiger partial charge in [0.25, 0.3) is 0 Å². The van der Waals surface area contributed by atoms with Gasteiger partial charge in [0, 0.05) is 10.5 Å². The van der Waals surface area contributed by atoms with Gasteiger partial charge in [-0.3, -0.25) is 0 Å². The van der Waals surface area contributed by atoms with Gasteiger partial charge in [0.05, 0.1) is 4.90 Å². The zero-order valence-electron chi connectivity index (χ0n) is 13.0. The van der Waals surface area contributed by atoms with Crippen LogP contribution in [-0.2, 0) is 10.0 Å². The van der Waals surface area contributed by atoms with Crippen molar-refractivity contribution < 1.29 is 8.42 Å². The van der Waals surface area contributed by atoms with Crippen LogP contribution in [0.2, 0.25) is 0 Å². The predicted octanol–water partition coefficient (Wildman–Crippen LogP) is 3.24. The van der Waals surface area contributed by atoms with Crippen molar-refractivity contribution in [2.75, 3.05) is 19.6 Å². The van der Waals surface area contributed by atoms with Gasteiger partial charge < -0.3 is 4.90 Å². The summed E-state index contributed by atoms with van der Waals surface area (Å²) in [7, 11) is -3.46. The molecule has 1 rings (SSSR count). The number of sulfonamides is 1. The van der Waals surface area contributed by atoms with Gasteiger partial charge >= 0.3 is 0 Å². The van der Waals surface area contributed by atoms with E-state index >= 15 is 0 Å². The fraction of sp³-hybridized carbons (Fsp3) is 0.600. The molecule has 21 heavy (non-hydrogen) atoms. The van der Waals surface area contributed by atoms with Crippen LogP contribution in [0.4, 0.5) is 0 Å². The lowest BCUT2D eigenvalue weighted by molar-refractivity contribution is 0.293. The zero-order chi connectivity index (χ0) is 15.9. The lowest BCUT2D eigenvalue weighted by Crippen LogP contribution is -2.33. The van der Waals surface area contributed by atoms with Gasteiger partial charge in [-0.2, -0.15) is 0 Å². The van der Waals surface area contributed by atoms with Crippen LogP contribution in [0.25, 0.3) is 0 Å². The summed E-state index contributed by atoms with van der Waals surface area (Å²) in [4.78, 5) is 2.63. The van der Waals surface area contributed by atoms with Crippen molar-refractivity contribution in [1.82, 2.24) is 9.62 Å². The first kappa shape index (κ1) is 18.6. The Kier molecular flexibility index (Phi) is 7.87. The largest absolute Gasteiger partial charge is 0.304 e. The van der Waals surface area contributed by atoms with E-state index in [2.05, 4.69) is 39.4 Å². The topological polar surface area (TPSA) is 49.4 Å². The molecule has 1 aromatic rings. The molecule has 0 aliphatic heterocycles. The minimum Gasteiger partial charge on any atom is -0.304 e. The van der Waals surface area contributed by atoms with Crippen LogP contribution < -0.4 is 4.72 Å². The first-order valence-corrected chi connectivity index (χ1v) is 9.67. The predicted molar refractivity (Wildman–Crippen MR) is 90.9 cm³/mol. The van der Waals surface area contributed by atoms with E-state index in [9.17, 15) is 8.42 Å². The molecule has 0 amide bonds. The van der Waals surface area contributed by atoms with Crippen LogP contribution in [-0.4, -0.2) is 39.0 Å². The van der Waals surface area contributed by atoms with E-state index in [1.807, 2.05) is 6.92 Å². The molecule has 6 heteroatoms. The van der Waals surface area contributed by atoms with Crippen LogP contribution in [0.1, 0.15) is 33.6 Å². The number of nitrogens with zero attached hydrogens (tertiary/aromatic N) is 1. The molecule has 0 bridgehead atoms. The van der Waals surface area contributed by atoms with Crippen LogP contribution in [0.5, 0.6) is 0 Å². The number of rotatable bonds is 9. The molecule has 4 nitrogen and oxygen atoms in total. The fourth-order valence-corrected chi connectivity index (χ4v) is 4.49. The average Bonchev–Trinajstić information content (AvgIpc) is 2.43. The maximum absolute atomic E-state index is 12.3. The molecule has 0 aromatic heterocycles. The van der Waals surface area contributed by atoms with E-state index in [4.69, 9.17) is 0 Å². The van der Waals surface area contributed by atoms with E-state index in [0.717, 1.165) is 32.5 Å². The lowest BCUT2D eigenvalue weighted by atomic mass is 10.2. The number of benzene rings is 1. The Bertz CT molecular complexity index is 530. The summed E-state index contributed by atoms with van der Waals surface area (Å²) < 4.78 is 28.0. The molecule has 0 fully saturated rings. The summed E-state index contributed by atoms with van der Waals surface area (Å²) in [5.74, 6) is 0. The lowest BCUT2D eigenvalue weighted by Gasteiger charge is -2.20. The standard InChI is InChI=1S/C15H25BrN2O2S/c1-4-18(5-2)12-8-9-13(3)17-21(19,20)15-11-7-6-10-14(15)16/h6-7,10-11,13,17H,4-5,8-9,12H2,1-3H3. The third kappa shape index (κ3) is 6.06. The quantitative estimate of drug-likeness (QED) is 0.719. The van der Waals surface area contributed by atoms with Crippen molar-refractivity contribution >= 4 is 26.0 Å². The smallest absolute Gasteiger partial charge is 0.241 e. The molecule has 0 aliphatic rings. The van der Waals surface area contributed by atoms with Crippen LogP contribution in [0.3, 0.4) is 0 Å². The summed E-state index contributed by atoms with van der Waals surface area (Å²) in [5, 5.41) is 0. The summed E-state index contributed by atoms with van der Waals surface area (Å²) in [6, 6.07) is 6.80. The Hall–Kier alpha value is -0.430. The second-order valence-electron chi connectivity index (χ2n) is 5.12. The van der Waals surface area contributed by atoms with Gasteiger partial charge in [-0.15, -0.1) is 0 Å². The number of nitrogens with one attached hydrogen (secondary N) is 1. The maximum atomic E-state index is 12.3. The van der Waals surface area contributed by atoms with E-state index in [1.54, 1.807) is 24.3 Å². The second-order valence-corrected chi connectivity index (χ2v) is 7.66. The molecule has 0 heterocycles. The van der Waals surface area contributed by atoms with Gasteiger partial charge in [-0.1, -0.05) is 26.0 Å². The molecular formula is C15H25BrN2O2S. The summed E-state index contributed by atoms with van der Waals surface area (Å²) in [6.07, 6.45) is 1.82. The molecule has 1 N–H and O–H groups in total. The first-order chi connectivity index (χ1) is 9.90. The van der Waals surface area contributed by atoms with Crippen molar-refractivity contribution in [3.63, 3.8) is 0 Å². The average molecular weight is 377 g/mol. The van der Waals surface area contributed by atoms with Gasteiger partial charge in [-0.05, 0) is 67.5 Å². The van der Waals surface area contributed by atoms with Gasteiger partial charge in [-0.25, -0.2) is 13.1 Å². The highest BCUT2D eigenvalue weighted by Crippen LogP contribution is 2.21. The Morgan fingerprint density at radius 3 is 2.43 bits per heavy atom. The fourth-order valence-electron chi connectivity index (χ4n) is 2.21. The van der Waals surface area contributed by atoms with Crippen molar-refractivity contribution in [2.24, 2.45) is 0 Å². The normalized spacial score (nSPS) is 13.6. The van der Waals surface area contributed by atoms with Crippen LogP contribution >= 0.6 is 15.9 Å². The Balaban J connectivity index is 2.54. The first-order valence-electron chi connectivity index (χ1n) is 7.40. The third-order valence-electron chi connectivity index (χ3n) is 3.49. The SMILES string of the molecule is CCN(CC)CCCC(C)NS(=O)(=O)c1ccccc1Br. The van der Waals surface area contributed by atoms with Crippen molar-refractivity contribution in [1.29, 1.82) is 0 Å². The summed E-state index contributed by atoms with van der Waals surface area (Å²) >= 11 is 3.29. The summed E-state index contributed by atoms with van der Waals surface area (Å²) in [5.41, 5.74) is 0. The molecule has 0 spiro atoms. The van der Waals surface area contributed by atoms with Gasteiger partial charge in [0.1, 0.15) is 0 Å². The Morgan fingerprint density at radius 2 is 1.86 bits per heavy atom. The van der Waals surface area contributed by atoms with Crippen molar-refractivity contribution in [3.05, 3.63) is 28.7 Å². The zero-order valence-corrected chi connectivity index (χ0v) is 15.4. The van der Waals surface area contributed by atoms with Crippen molar-refractivity contribution in [2.45, 2.75) is 44.6 Å². The van der Waals surface area contributed by atoms with E-state index in [-0.39, 0.29) is 6.04 Å². The highest BCUT2D eigenvalue weighted by Gasteiger charge is 2.19. The second kappa shape index (κ2) is 8.88. The molecule has 1 aromatic carbocycles. The Labute approximate surface area is 137 Å². The van der Waals surface area contributed by atoms with Gasteiger partial charge in [0.15, 0.2) is 0 Å². The minimum atomic E-state index is -3.46. The van der Waals surface area contributed by atoms with Gasteiger partial charge in [0.2, 0.25) is 10.0 Å². The maximum Gasteiger partial charge on any atom is 0.241 e. The molecule has 0 aliphatic carbocycles. The molecule has 0 saturated carbocycles. The highest BCUT2D eigenvalue weighted by molar-refractivity contribution is 9.10. The van der Waals surface area contributed by atoms with Crippen molar-refractivity contribution in [3.8, 4) is 0 Å². The van der Waals surface area contributed by atoms with E-state index in [0.29, 0.717) is 9.37 Å². The number of hydrogen-bond donors (Lipinski definition) is 1. The van der Waals surface area contributed by atoms with E-state index < -0.39 is 10.0 Å². The molecule has 1 atom stereocenters. The molecule has 0 radical (unpaired) electrons.